The Morgan fingerprint density at radius 3 is 2.48 bits per heavy atom. The van der Waals surface area contributed by atoms with Gasteiger partial charge >= 0.3 is 0 Å². The molecule has 0 N–H and O–H groups in total. The summed E-state index contributed by atoms with van der Waals surface area (Å²) in [6, 6.07) is 7.95. The summed E-state index contributed by atoms with van der Waals surface area (Å²) >= 11 is 0. The summed E-state index contributed by atoms with van der Waals surface area (Å²) in [6.45, 7) is 9.96. The van der Waals surface area contributed by atoms with Gasteiger partial charge in [-0.05, 0) is 51.0 Å². The molecule has 0 aliphatic heterocycles. The Kier molecular flexibility index (Phi) is 5.74. The Bertz CT molecular complexity index is 679. The van der Waals surface area contributed by atoms with Gasteiger partial charge in [0.25, 0.3) is 5.91 Å². The second-order valence-corrected chi connectivity index (χ2v) is 5.35. The Labute approximate surface area is 138 Å². The van der Waals surface area contributed by atoms with Crippen molar-refractivity contribution in [3.8, 4) is 16.9 Å². The minimum Gasteiger partial charge on any atom is -0.494 e. The predicted molar refractivity (Wildman–Crippen MR) is 92.8 cm³/mol. The van der Waals surface area contributed by atoms with E-state index in [-0.39, 0.29) is 5.91 Å². The molecule has 0 atom stereocenters. The van der Waals surface area contributed by atoms with Crippen LogP contribution in [0.4, 0.5) is 0 Å². The first-order valence-corrected chi connectivity index (χ1v) is 8.08. The number of benzene rings is 1. The van der Waals surface area contributed by atoms with Gasteiger partial charge in [-0.2, -0.15) is 0 Å². The summed E-state index contributed by atoms with van der Waals surface area (Å²) in [5, 5.41) is 0. The zero-order valence-corrected chi connectivity index (χ0v) is 14.3. The van der Waals surface area contributed by atoms with Gasteiger partial charge in [0.05, 0.1) is 12.2 Å². The fraction of sp³-hybridized carbons (Fsp3) is 0.368. The summed E-state index contributed by atoms with van der Waals surface area (Å²) in [5.74, 6) is 0.881. The molecule has 4 heteroatoms. The minimum atomic E-state index is 0.0153. The lowest BCUT2D eigenvalue weighted by atomic mass is 10.0. The molecule has 2 rings (SSSR count). The number of carbonyl (C=O) groups excluding carboxylic acids is 1. The first-order valence-electron chi connectivity index (χ1n) is 8.08. The summed E-state index contributed by atoms with van der Waals surface area (Å²) in [7, 11) is 0. The van der Waals surface area contributed by atoms with Crippen LogP contribution < -0.4 is 4.74 Å². The number of rotatable bonds is 6. The molecule has 1 aromatic heterocycles. The van der Waals surface area contributed by atoms with Gasteiger partial charge in [-0.15, -0.1) is 0 Å². The molecule has 0 bridgehead atoms. The number of aryl methyl sites for hydroxylation is 1. The van der Waals surface area contributed by atoms with Crippen LogP contribution in [0.5, 0.6) is 5.75 Å². The lowest BCUT2D eigenvalue weighted by Crippen LogP contribution is -2.30. The van der Waals surface area contributed by atoms with E-state index in [1.165, 1.54) is 0 Å². The van der Waals surface area contributed by atoms with Crippen LogP contribution in [0.25, 0.3) is 11.1 Å². The SMILES string of the molecule is CCOc1cc(-c2cncc(C(=O)N(CC)CC)c2)ccc1C. The summed E-state index contributed by atoms with van der Waals surface area (Å²) in [5.41, 5.74) is 3.63. The van der Waals surface area contributed by atoms with Crippen molar-refractivity contribution in [3.05, 3.63) is 47.8 Å². The van der Waals surface area contributed by atoms with E-state index in [4.69, 9.17) is 4.74 Å². The molecule has 1 heterocycles. The highest BCUT2D eigenvalue weighted by Gasteiger charge is 2.14. The van der Waals surface area contributed by atoms with Gasteiger partial charge in [0.1, 0.15) is 5.75 Å². The predicted octanol–water partition coefficient (Wildman–Crippen LogP) is 3.94. The molecular formula is C19H24N2O2. The van der Waals surface area contributed by atoms with Crippen LogP contribution in [0.3, 0.4) is 0 Å². The molecule has 0 saturated carbocycles. The van der Waals surface area contributed by atoms with Crippen LogP contribution >= 0.6 is 0 Å². The van der Waals surface area contributed by atoms with E-state index in [1.807, 2.05) is 52.0 Å². The smallest absolute Gasteiger partial charge is 0.255 e. The molecule has 0 unspecified atom stereocenters. The average Bonchev–Trinajstić information content (AvgIpc) is 2.58. The third-order valence-electron chi connectivity index (χ3n) is 3.86. The van der Waals surface area contributed by atoms with E-state index in [2.05, 4.69) is 4.98 Å². The van der Waals surface area contributed by atoms with Crippen molar-refractivity contribution in [3.63, 3.8) is 0 Å². The van der Waals surface area contributed by atoms with Crippen molar-refractivity contribution < 1.29 is 9.53 Å². The normalized spacial score (nSPS) is 10.4. The number of hydrogen-bond acceptors (Lipinski definition) is 3. The fourth-order valence-corrected chi connectivity index (χ4v) is 2.50. The number of hydrogen-bond donors (Lipinski definition) is 0. The molecule has 4 nitrogen and oxygen atoms in total. The summed E-state index contributed by atoms with van der Waals surface area (Å²) in [4.78, 5) is 18.5. The van der Waals surface area contributed by atoms with Crippen molar-refractivity contribution in [1.29, 1.82) is 0 Å². The van der Waals surface area contributed by atoms with Gasteiger partial charge in [0.15, 0.2) is 0 Å². The monoisotopic (exact) mass is 312 g/mol. The molecule has 0 aliphatic carbocycles. The molecular weight excluding hydrogens is 288 g/mol. The highest BCUT2D eigenvalue weighted by atomic mass is 16.5. The summed E-state index contributed by atoms with van der Waals surface area (Å²) < 4.78 is 5.65. The number of pyridine rings is 1. The number of amides is 1. The van der Waals surface area contributed by atoms with E-state index < -0.39 is 0 Å². The van der Waals surface area contributed by atoms with Gasteiger partial charge in [-0.25, -0.2) is 0 Å². The Morgan fingerprint density at radius 2 is 1.83 bits per heavy atom. The molecule has 1 amide bonds. The molecule has 0 saturated heterocycles. The molecule has 1 aromatic carbocycles. The Balaban J connectivity index is 2.36. The van der Waals surface area contributed by atoms with Crippen molar-refractivity contribution in [2.45, 2.75) is 27.7 Å². The molecule has 122 valence electrons. The lowest BCUT2D eigenvalue weighted by Gasteiger charge is -2.18. The third-order valence-corrected chi connectivity index (χ3v) is 3.86. The van der Waals surface area contributed by atoms with E-state index in [9.17, 15) is 4.79 Å². The zero-order valence-electron chi connectivity index (χ0n) is 14.3. The van der Waals surface area contributed by atoms with E-state index in [0.717, 1.165) is 22.4 Å². The van der Waals surface area contributed by atoms with E-state index in [0.29, 0.717) is 25.3 Å². The van der Waals surface area contributed by atoms with E-state index >= 15 is 0 Å². The maximum absolute atomic E-state index is 12.5. The van der Waals surface area contributed by atoms with Crippen LogP contribution in [0.1, 0.15) is 36.7 Å². The molecule has 0 aliphatic rings. The third kappa shape index (κ3) is 3.89. The largest absolute Gasteiger partial charge is 0.494 e. The van der Waals surface area contributed by atoms with Gasteiger partial charge in [0, 0.05) is 31.0 Å². The van der Waals surface area contributed by atoms with Crippen LogP contribution in [-0.4, -0.2) is 35.5 Å². The zero-order chi connectivity index (χ0) is 16.8. The maximum atomic E-state index is 12.5. The lowest BCUT2D eigenvalue weighted by molar-refractivity contribution is 0.0772. The van der Waals surface area contributed by atoms with Crippen LogP contribution in [0, 0.1) is 6.92 Å². The topological polar surface area (TPSA) is 42.4 Å². The minimum absolute atomic E-state index is 0.0153. The van der Waals surface area contributed by atoms with Crippen molar-refractivity contribution in [2.24, 2.45) is 0 Å². The number of aromatic nitrogens is 1. The van der Waals surface area contributed by atoms with Crippen LogP contribution in [0.15, 0.2) is 36.7 Å². The van der Waals surface area contributed by atoms with Gasteiger partial charge in [0.2, 0.25) is 0 Å². The number of ether oxygens (including phenoxy) is 1. The van der Waals surface area contributed by atoms with Crippen molar-refractivity contribution in [1.82, 2.24) is 9.88 Å². The highest BCUT2D eigenvalue weighted by molar-refractivity contribution is 5.95. The first-order chi connectivity index (χ1) is 11.1. The average molecular weight is 312 g/mol. The standard InChI is InChI=1S/C19H24N2O2/c1-5-21(6-2)19(22)17-10-16(12-20-13-17)15-9-8-14(4)18(11-15)23-7-3/h8-13H,5-7H2,1-4H3. The van der Waals surface area contributed by atoms with Gasteiger partial charge < -0.3 is 9.64 Å². The molecule has 23 heavy (non-hydrogen) atoms. The van der Waals surface area contributed by atoms with Crippen molar-refractivity contribution >= 4 is 5.91 Å². The first kappa shape index (κ1) is 17.0. The van der Waals surface area contributed by atoms with Crippen LogP contribution in [0.2, 0.25) is 0 Å². The molecule has 0 spiro atoms. The highest BCUT2D eigenvalue weighted by Crippen LogP contribution is 2.27. The van der Waals surface area contributed by atoms with Crippen molar-refractivity contribution in [2.75, 3.05) is 19.7 Å². The Hall–Kier alpha value is -2.36. The quantitative estimate of drug-likeness (QED) is 0.811. The second kappa shape index (κ2) is 7.77. The molecule has 0 fully saturated rings. The molecule has 0 radical (unpaired) electrons. The number of nitrogens with zero attached hydrogens (tertiary/aromatic N) is 2. The molecule has 2 aromatic rings. The van der Waals surface area contributed by atoms with Crippen LogP contribution in [-0.2, 0) is 0 Å². The second-order valence-electron chi connectivity index (χ2n) is 5.35. The maximum Gasteiger partial charge on any atom is 0.255 e. The van der Waals surface area contributed by atoms with E-state index in [1.54, 1.807) is 17.3 Å². The van der Waals surface area contributed by atoms with Gasteiger partial charge in [-0.1, -0.05) is 12.1 Å². The Morgan fingerprint density at radius 1 is 1.09 bits per heavy atom. The number of carbonyl (C=O) groups is 1. The fourth-order valence-electron chi connectivity index (χ4n) is 2.50. The summed E-state index contributed by atoms with van der Waals surface area (Å²) in [6.07, 6.45) is 3.40. The van der Waals surface area contributed by atoms with Gasteiger partial charge in [-0.3, -0.25) is 9.78 Å².